The van der Waals surface area contributed by atoms with E-state index in [-0.39, 0.29) is 35.4 Å². The van der Waals surface area contributed by atoms with Crippen molar-refractivity contribution in [3.8, 4) is 0 Å². The molecule has 4 rings (SSSR count). The van der Waals surface area contributed by atoms with Crippen molar-refractivity contribution in [3.05, 3.63) is 76.1 Å². The van der Waals surface area contributed by atoms with Gasteiger partial charge in [0.25, 0.3) is 11.1 Å². The number of nitrogens with zero attached hydrogens (tertiary/aromatic N) is 2. The predicted octanol–water partition coefficient (Wildman–Crippen LogP) is 5.53. The van der Waals surface area contributed by atoms with Gasteiger partial charge in [-0.3, -0.25) is 14.5 Å². The van der Waals surface area contributed by atoms with Gasteiger partial charge in [-0.15, -0.1) is 0 Å². The number of benzene rings is 2. The first-order valence-electron chi connectivity index (χ1n) is 9.86. The highest BCUT2D eigenvalue weighted by molar-refractivity contribution is 8.18. The van der Waals surface area contributed by atoms with E-state index < -0.39 is 23.5 Å². The number of imide groups is 1. The van der Waals surface area contributed by atoms with Crippen molar-refractivity contribution < 1.29 is 31.9 Å². The molecule has 0 saturated carbocycles. The smallest absolute Gasteiger partial charge is 0.383 e. The summed E-state index contributed by atoms with van der Waals surface area (Å²) in [4.78, 5) is 25.9. The molecule has 10 heteroatoms. The fourth-order valence-electron chi connectivity index (χ4n) is 3.61. The van der Waals surface area contributed by atoms with Crippen molar-refractivity contribution >= 4 is 39.9 Å². The SMILES string of the molecule is COCCN1C(=O)S/C(=C\c2ccc3c(ccn3Cc3ccc(F)cc3C(F)(F)F)c2)C1=O. The number of methoxy groups -OCH3 is 1. The molecule has 5 nitrogen and oxygen atoms in total. The second-order valence-corrected chi connectivity index (χ2v) is 8.38. The molecule has 0 radical (unpaired) electrons. The Morgan fingerprint density at radius 3 is 2.61 bits per heavy atom. The lowest BCUT2D eigenvalue weighted by Crippen LogP contribution is -2.31. The zero-order valence-corrected chi connectivity index (χ0v) is 18.2. The number of halogens is 4. The number of rotatable bonds is 6. The molecule has 1 aromatic heterocycles. The van der Waals surface area contributed by atoms with Crippen LogP contribution in [0.25, 0.3) is 17.0 Å². The molecule has 1 fully saturated rings. The van der Waals surface area contributed by atoms with Gasteiger partial charge in [-0.1, -0.05) is 12.1 Å². The summed E-state index contributed by atoms with van der Waals surface area (Å²) >= 11 is 0.845. The van der Waals surface area contributed by atoms with Crippen LogP contribution < -0.4 is 0 Å². The monoisotopic (exact) mass is 478 g/mol. The number of hydrogen-bond donors (Lipinski definition) is 0. The van der Waals surface area contributed by atoms with Gasteiger partial charge in [0, 0.05) is 30.8 Å². The standard InChI is InChI=1S/C23H18F4N2O3S/c1-32-9-8-29-21(30)20(33-22(29)31)11-14-2-5-19-15(10-14)6-7-28(19)13-16-3-4-17(24)12-18(16)23(25,26)27/h2-7,10-12H,8-9,13H2,1H3/b20-11-. The molecule has 0 bridgehead atoms. The fraction of sp³-hybridized carbons (Fsp3) is 0.217. The summed E-state index contributed by atoms with van der Waals surface area (Å²) in [6.45, 7) is 0.328. The van der Waals surface area contributed by atoms with Crippen LogP contribution in [0.15, 0.2) is 53.6 Å². The van der Waals surface area contributed by atoms with Crippen molar-refractivity contribution in [1.82, 2.24) is 9.47 Å². The number of carbonyl (C=O) groups excluding carboxylic acids is 2. The molecule has 2 aromatic carbocycles. The Morgan fingerprint density at radius 1 is 1.09 bits per heavy atom. The molecule has 1 saturated heterocycles. The zero-order chi connectivity index (χ0) is 23.8. The largest absolute Gasteiger partial charge is 0.416 e. The Bertz CT molecular complexity index is 1270. The Labute approximate surface area is 190 Å². The predicted molar refractivity (Wildman–Crippen MR) is 117 cm³/mol. The molecule has 1 aliphatic heterocycles. The first-order valence-corrected chi connectivity index (χ1v) is 10.7. The van der Waals surface area contributed by atoms with Crippen LogP contribution in [0.2, 0.25) is 0 Å². The van der Waals surface area contributed by atoms with E-state index in [2.05, 4.69) is 0 Å². The van der Waals surface area contributed by atoms with Gasteiger partial charge in [-0.2, -0.15) is 13.2 Å². The Morgan fingerprint density at radius 2 is 1.88 bits per heavy atom. The normalized spacial score (nSPS) is 15.9. The average molecular weight is 478 g/mol. The summed E-state index contributed by atoms with van der Waals surface area (Å²) < 4.78 is 59.9. The van der Waals surface area contributed by atoms with E-state index in [1.54, 1.807) is 41.1 Å². The van der Waals surface area contributed by atoms with Crippen LogP contribution in [-0.2, 0) is 22.3 Å². The Balaban J connectivity index is 1.60. The van der Waals surface area contributed by atoms with E-state index in [4.69, 9.17) is 4.74 Å². The van der Waals surface area contributed by atoms with Crippen LogP contribution >= 0.6 is 11.8 Å². The third kappa shape index (κ3) is 4.81. The molecule has 0 unspecified atom stereocenters. The minimum absolute atomic E-state index is 0.0461. The molecule has 1 aliphatic rings. The number of amides is 2. The Kier molecular flexibility index (Phi) is 6.31. The van der Waals surface area contributed by atoms with Crippen molar-refractivity contribution in [2.75, 3.05) is 20.3 Å². The summed E-state index contributed by atoms with van der Waals surface area (Å²) in [5, 5.41) is 0.383. The molecule has 0 aliphatic carbocycles. The van der Waals surface area contributed by atoms with Gasteiger partial charge >= 0.3 is 6.18 Å². The number of aromatic nitrogens is 1. The lowest BCUT2D eigenvalue weighted by molar-refractivity contribution is -0.138. The van der Waals surface area contributed by atoms with Crippen LogP contribution in [0, 0.1) is 5.82 Å². The molecular formula is C23H18F4N2O3S. The molecule has 172 valence electrons. The molecule has 2 amide bonds. The minimum Gasteiger partial charge on any atom is -0.383 e. The van der Waals surface area contributed by atoms with E-state index >= 15 is 0 Å². The average Bonchev–Trinajstić information content (AvgIpc) is 3.27. The van der Waals surface area contributed by atoms with E-state index in [0.29, 0.717) is 17.1 Å². The maximum Gasteiger partial charge on any atom is 0.416 e. The first-order chi connectivity index (χ1) is 15.7. The molecule has 0 spiro atoms. The molecule has 0 N–H and O–H groups in total. The summed E-state index contributed by atoms with van der Waals surface area (Å²) in [6.07, 6.45) is -1.41. The molecular weight excluding hydrogens is 460 g/mol. The van der Waals surface area contributed by atoms with Gasteiger partial charge in [0.2, 0.25) is 0 Å². The summed E-state index contributed by atoms with van der Waals surface area (Å²) in [5.41, 5.74) is 0.299. The van der Waals surface area contributed by atoms with Crippen LogP contribution in [0.5, 0.6) is 0 Å². The number of alkyl halides is 3. The van der Waals surface area contributed by atoms with Gasteiger partial charge in [-0.25, -0.2) is 4.39 Å². The fourth-order valence-corrected chi connectivity index (χ4v) is 4.47. The van der Waals surface area contributed by atoms with Crippen LogP contribution in [0.1, 0.15) is 16.7 Å². The first kappa shape index (κ1) is 23.1. The third-order valence-electron chi connectivity index (χ3n) is 5.20. The van der Waals surface area contributed by atoms with Gasteiger partial charge in [0.05, 0.1) is 23.6 Å². The number of fused-ring (bicyclic) bond motifs is 1. The van der Waals surface area contributed by atoms with Gasteiger partial charge in [0.15, 0.2) is 0 Å². The van der Waals surface area contributed by atoms with Crippen molar-refractivity contribution in [2.24, 2.45) is 0 Å². The van der Waals surface area contributed by atoms with Gasteiger partial charge in [0.1, 0.15) is 5.82 Å². The second kappa shape index (κ2) is 9.03. The number of thioether (sulfide) groups is 1. The van der Waals surface area contributed by atoms with Crippen molar-refractivity contribution in [3.63, 3.8) is 0 Å². The van der Waals surface area contributed by atoms with E-state index in [1.165, 1.54) is 7.11 Å². The quantitative estimate of drug-likeness (QED) is 0.345. The maximum absolute atomic E-state index is 13.4. The number of ether oxygens (including phenoxy) is 1. The highest BCUT2D eigenvalue weighted by Gasteiger charge is 2.35. The van der Waals surface area contributed by atoms with Crippen LogP contribution in [0.3, 0.4) is 0 Å². The highest BCUT2D eigenvalue weighted by Crippen LogP contribution is 2.34. The summed E-state index contributed by atoms with van der Waals surface area (Å²) in [5.74, 6) is -1.34. The van der Waals surface area contributed by atoms with E-state index in [1.807, 2.05) is 0 Å². The van der Waals surface area contributed by atoms with E-state index in [0.717, 1.165) is 34.2 Å². The maximum atomic E-state index is 13.4. The molecule has 3 aromatic rings. The zero-order valence-electron chi connectivity index (χ0n) is 17.4. The topological polar surface area (TPSA) is 51.5 Å². The summed E-state index contributed by atoms with van der Waals surface area (Å²) in [6, 6.07) is 9.62. The molecule has 33 heavy (non-hydrogen) atoms. The highest BCUT2D eigenvalue weighted by atomic mass is 32.2. The second-order valence-electron chi connectivity index (χ2n) is 7.39. The number of hydrogen-bond acceptors (Lipinski definition) is 4. The van der Waals surface area contributed by atoms with Crippen LogP contribution in [-0.4, -0.2) is 40.9 Å². The van der Waals surface area contributed by atoms with E-state index in [9.17, 15) is 27.2 Å². The molecule has 0 atom stereocenters. The Hall–Kier alpha value is -3.11. The lowest BCUT2D eigenvalue weighted by Gasteiger charge is -2.14. The third-order valence-corrected chi connectivity index (χ3v) is 6.11. The minimum atomic E-state index is -4.67. The molecule has 2 heterocycles. The van der Waals surface area contributed by atoms with Crippen molar-refractivity contribution in [1.29, 1.82) is 0 Å². The van der Waals surface area contributed by atoms with Gasteiger partial charge in [-0.05, 0) is 59.3 Å². The lowest BCUT2D eigenvalue weighted by atomic mass is 10.1. The van der Waals surface area contributed by atoms with Crippen LogP contribution in [0.4, 0.5) is 22.4 Å². The summed E-state index contributed by atoms with van der Waals surface area (Å²) in [7, 11) is 1.48. The van der Waals surface area contributed by atoms with Gasteiger partial charge < -0.3 is 9.30 Å². The van der Waals surface area contributed by atoms with Crippen molar-refractivity contribution in [2.45, 2.75) is 12.7 Å². The number of carbonyl (C=O) groups is 2.